The Morgan fingerprint density at radius 1 is 1.38 bits per heavy atom. The summed E-state index contributed by atoms with van der Waals surface area (Å²) in [5.41, 5.74) is 0. The Morgan fingerprint density at radius 2 is 1.88 bits per heavy atom. The van der Waals surface area contributed by atoms with Gasteiger partial charge in [-0.3, -0.25) is 0 Å². The molecule has 1 aliphatic rings. The molecular formula is C6H11OPr. The second-order valence-electron chi connectivity index (χ2n) is 2.54. The van der Waals surface area contributed by atoms with Gasteiger partial charge in [0.1, 0.15) is 0 Å². The Hall–Kier alpha value is 1.32. The molecule has 1 aliphatic carbocycles. The summed E-state index contributed by atoms with van der Waals surface area (Å²) in [6, 6.07) is 0. The summed E-state index contributed by atoms with van der Waals surface area (Å²) in [6.07, 6.45) is 5.29. The summed E-state index contributed by atoms with van der Waals surface area (Å²) < 4.78 is 0.109. The third-order valence-electron chi connectivity index (χ3n) is 1.88. The van der Waals surface area contributed by atoms with Crippen molar-refractivity contribution in [3.8, 4) is 0 Å². The van der Waals surface area contributed by atoms with Crippen LogP contribution in [0, 0.1) is 45.1 Å². The molecule has 0 bridgehead atoms. The van der Waals surface area contributed by atoms with E-state index in [1.807, 2.05) is 0 Å². The van der Waals surface area contributed by atoms with Gasteiger partial charge in [0.25, 0.3) is 0 Å². The number of aliphatic hydroxyl groups is 1. The first-order chi connectivity index (χ1) is 3.80. The van der Waals surface area contributed by atoms with Gasteiger partial charge in [-0.05, 0) is 0 Å². The van der Waals surface area contributed by atoms with Gasteiger partial charge in [0.2, 0.25) is 0 Å². The molecule has 0 aromatic rings. The van der Waals surface area contributed by atoms with Crippen LogP contribution in [0.1, 0.15) is 25.7 Å². The molecular weight excluding hydrogens is 229 g/mol. The molecule has 0 aromatic heterocycles. The van der Waals surface area contributed by atoms with Gasteiger partial charge >= 0.3 is 77.6 Å². The zero-order valence-corrected chi connectivity index (χ0v) is 8.71. The predicted octanol–water partition coefficient (Wildman–Crippen LogP) is 1.04. The fraction of sp³-hybridized carbons (Fsp3) is 1.00. The van der Waals surface area contributed by atoms with E-state index in [1.165, 1.54) is 25.7 Å². The minimum atomic E-state index is 0.109. The van der Waals surface area contributed by atoms with E-state index in [1.54, 1.807) is 0 Å². The van der Waals surface area contributed by atoms with Gasteiger partial charge in [-0.2, -0.15) is 0 Å². The van der Waals surface area contributed by atoms with E-state index in [0.717, 1.165) is 39.2 Å². The van der Waals surface area contributed by atoms with E-state index in [9.17, 15) is 0 Å². The zero-order chi connectivity index (χ0) is 5.98. The van der Waals surface area contributed by atoms with Crippen LogP contribution in [0.25, 0.3) is 0 Å². The summed E-state index contributed by atoms with van der Waals surface area (Å²) >= 11 is 0.781. The third-order valence-corrected chi connectivity index (χ3v) is 3.63. The summed E-state index contributed by atoms with van der Waals surface area (Å²) in [6.45, 7) is 0. The molecule has 0 spiro atoms. The van der Waals surface area contributed by atoms with Gasteiger partial charge in [0.05, 0.1) is 0 Å². The van der Waals surface area contributed by atoms with E-state index >= 15 is 0 Å². The zero-order valence-electron chi connectivity index (χ0n) is 5.01. The fourth-order valence-electron chi connectivity index (χ4n) is 1.30. The molecule has 1 fully saturated rings. The van der Waals surface area contributed by atoms with Crippen LogP contribution in [0.3, 0.4) is 0 Å². The van der Waals surface area contributed by atoms with E-state index in [4.69, 9.17) is 5.11 Å². The molecule has 0 radical (unpaired) electrons. The van der Waals surface area contributed by atoms with Gasteiger partial charge in [0.15, 0.2) is 0 Å². The number of aliphatic hydroxyl groups excluding tert-OH is 1. The van der Waals surface area contributed by atoms with Crippen LogP contribution >= 0.6 is 0 Å². The maximum atomic E-state index is 9.13. The predicted molar refractivity (Wildman–Crippen MR) is 28.0 cm³/mol. The van der Waals surface area contributed by atoms with Crippen molar-refractivity contribution in [1.82, 2.24) is 0 Å². The first-order valence-corrected chi connectivity index (χ1v) is 5.38. The fourth-order valence-corrected chi connectivity index (χ4v) is 2.53. The Morgan fingerprint density at radius 3 is 2.12 bits per heavy atom. The average Bonchev–Trinajstić information content (AvgIpc) is 2.12. The average molecular weight is 240 g/mol. The number of rotatable bonds is 1. The van der Waals surface area contributed by atoms with Crippen molar-refractivity contribution in [3.63, 3.8) is 0 Å². The monoisotopic (exact) mass is 240 g/mol. The van der Waals surface area contributed by atoms with E-state index in [0.29, 0.717) is 5.92 Å². The molecule has 0 aromatic carbocycles. The van der Waals surface area contributed by atoms with Crippen LogP contribution in [0.15, 0.2) is 0 Å². The quantitative estimate of drug-likeness (QED) is 0.726. The summed E-state index contributed by atoms with van der Waals surface area (Å²) in [4.78, 5) is 0. The van der Waals surface area contributed by atoms with Gasteiger partial charge in [0, 0.05) is 0 Å². The summed E-state index contributed by atoms with van der Waals surface area (Å²) in [5.74, 6) is 0.694. The first kappa shape index (κ1) is 7.43. The molecule has 44 valence electrons. The van der Waals surface area contributed by atoms with Crippen molar-refractivity contribution in [2.45, 2.75) is 27.4 Å². The Bertz CT molecular complexity index is 66.9. The molecule has 0 amide bonds. The van der Waals surface area contributed by atoms with Crippen LogP contribution in [0.4, 0.5) is 0 Å². The van der Waals surface area contributed by atoms with Crippen LogP contribution in [0.2, 0.25) is 0 Å². The summed E-state index contributed by atoms with van der Waals surface area (Å²) in [5, 5.41) is 9.13. The molecule has 8 heavy (non-hydrogen) atoms. The number of hydrogen-bond donors (Lipinski definition) is 1. The van der Waals surface area contributed by atoms with Crippen molar-refractivity contribution in [2.75, 3.05) is 0 Å². The second kappa shape index (κ2) is 3.48. The van der Waals surface area contributed by atoms with Crippen molar-refractivity contribution in [2.24, 2.45) is 5.92 Å². The Labute approximate surface area is 76.8 Å². The maximum absolute atomic E-state index is 9.13. The standard InChI is InChI=1S/C6H11O.Pr/c7-5-6-3-1-2-4-6;/h5-7H,1-4H2;. The van der Waals surface area contributed by atoms with Crippen LogP contribution in [-0.4, -0.2) is 6.79 Å². The van der Waals surface area contributed by atoms with Crippen molar-refractivity contribution in [1.29, 1.82) is 0 Å². The molecule has 1 rings (SSSR count). The molecule has 1 atom stereocenters. The Kier molecular flexibility index (Phi) is 3.23. The molecule has 1 unspecified atom stereocenters. The normalized spacial score (nSPS) is 26.0. The molecule has 2 heteroatoms. The molecule has 1 saturated carbocycles. The van der Waals surface area contributed by atoms with Crippen molar-refractivity contribution >= 4 is 0 Å². The van der Waals surface area contributed by atoms with E-state index < -0.39 is 0 Å². The van der Waals surface area contributed by atoms with Crippen molar-refractivity contribution < 1.29 is 44.3 Å². The van der Waals surface area contributed by atoms with Gasteiger partial charge in [-0.1, -0.05) is 0 Å². The molecule has 0 saturated heterocycles. The topological polar surface area (TPSA) is 20.2 Å². The van der Waals surface area contributed by atoms with Gasteiger partial charge in [-0.15, -0.1) is 0 Å². The van der Waals surface area contributed by atoms with Crippen LogP contribution in [0.5, 0.6) is 0 Å². The number of hydrogen-bond acceptors (Lipinski definition) is 1. The van der Waals surface area contributed by atoms with Crippen molar-refractivity contribution in [3.05, 3.63) is 0 Å². The van der Waals surface area contributed by atoms with E-state index in [2.05, 4.69) is 0 Å². The molecule has 0 aliphatic heterocycles. The molecule has 0 heterocycles. The van der Waals surface area contributed by atoms with Gasteiger partial charge in [-0.25, -0.2) is 0 Å². The Balaban J connectivity index is 2.24. The van der Waals surface area contributed by atoms with Crippen LogP contribution in [-0.2, 0) is 0 Å². The second-order valence-corrected chi connectivity index (χ2v) is 4.73. The van der Waals surface area contributed by atoms with Gasteiger partial charge < -0.3 is 0 Å². The van der Waals surface area contributed by atoms with Crippen LogP contribution < -0.4 is 0 Å². The first-order valence-electron chi connectivity index (χ1n) is 3.24. The van der Waals surface area contributed by atoms with E-state index in [-0.39, 0.29) is 1.69 Å². The summed E-state index contributed by atoms with van der Waals surface area (Å²) in [7, 11) is 0. The third kappa shape index (κ3) is 1.93. The SMILES string of the molecule is O[CH]([Pr])C1CCCC1. The molecule has 1 nitrogen and oxygen atoms in total. The molecule has 1 N–H and O–H groups in total. The minimum absolute atomic E-state index is 0.109.